The van der Waals surface area contributed by atoms with Crippen molar-refractivity contribution in [3.05, 3.63) is 89.9 Å². The molecule has 1 amide bonds. The number of hydrogen-bond donors (Lipinski definition) is 1. The van der Waals surface area contributed by atoms with Gasteiger partial charge in [0.15, 0.2) is 18.1 Å². The molecule has 0 saturated heterocycles. The van der Waals surface area contributed by atoms with Crippen LogP contribution in [-0.4, -0.2) is 28.5 Å². The van der Waals surface area contributed by atoms with Crippen LogP contribution in [0.25, 0.3) is 33.9 Å². The van der Waals surface area contributed by atoms with E-state index >= 15 is 0 Å². The van der Waals surface area contributed by atoms with E-state index in [2.05, 4.69) is 15.3 Å². The lowest BCUT2D eigenvalue weighted by Crippen LogP contribution is -2.21. The molecule has 1 N–H and O–H groups in total. The van der Waals surface area contributed by atoms with Gasteiger partial charge in [0, 0.05) is 5.69 Å². The van der Waals surface area contributed by atoms with Crippen molar-refractivity contribution in [2.75, 3.05) is 11.9 Å². The SMILES string of the molecule is Cc1ccc(NC(=O)COC(=O)c2ccc3nc(-c4ccco4)c(-c4ccco4)nc3c2)c(C)c1. The molecule has 0 radical (unpaired) electrons. The van der Waals surface area contributed by atoms with E-state index in [-0.39, 0.29) is 5.56 Å². The lowest BCUT2D eigenvalue weighted by molar-refractivity contribution is -0.119. The predicted molar refractivity (Wildman–Crippen MR) is 130 cm³/mol. The zero-order chi connectivity index (χ0) is 24.4. The molecule has 3 aromatic heterocycles. The van der Waals surface area contributed by atoms with Gasteiger partial charge in [0.25, 0.3) is 5.91 Å². The minimum atomic E-state index is -0.640. The summed E-state index contributed by atoms with van der Waals surface area (Å²) in [6, 6.07) is 17.6. The Kier molecular flexibility index (Phi) is 5.85. The maximum atomic E-state index is 12.6. The van der Waals surface area contributed by atoms with E-state index in [0.717, 1.165) is 11.1 Å². The molecular formula is C27H21N3O5. The second-order valence-electron chi connectivity index (χ2n) is 8.02. The van der Waals surface area contributed by atoms with Crippen LogP contribution in [0.1, 0.15) is 21.5 Å². The highest BCUT2D eigenvalue weighted by Crippen LogP contribution is 2.31. The molecule has 0 saturated carbocycles. The van der Waals surface area contributed by atoms with E-state index in [0.29, 0.717) is 39.6 Å². The number of furan rings is 2. The Morgan fingerprint density at radius 2 is 1.54 bits per heavy atom. The summed E-state index contributed by atoms with van der Waals surface area (Å²) < 4.78 is 16.3. The van der Waals surface area contributed by atoms with Crippen LogP contribution in [0.2, 0.25) is 0 Å². The van der Waals surface area contributed by atoms with Crippen molar-refractivity contribution in [3.63, 3.8) is 0 Å². The number of amides is 1. The zero-order valence-electron chi connectivity index (χ0n) is 19.1. The first-order chi connectivity index (χ1) is 17.0. The highest BCUT2D eigenvalue weighted by atomic mass is 16.5. The van der Waals surface area contributed by atoms with Crippen molar-refractivity contribution >= 4 is 28.6 Å². The average molecular weight is 467 g/mol. The quantitative estimate of drug-likeness (QED) is 0.326. The Balaban J connectivity index is 1.36. The van der Waals surface area contributed by atoms with Crippen LogP contribution in [0.4, 0.5) is 5.69 Å². The fraction of sp³-hybridized carbons (Fsp3) is 0.111. The summed E-state index contributed by atoms with van der Waals surface area (Å²) in [5.74, 6) is -0.000760. The van der Waals surface area contributed by atoms with Gasteiger partial charge in [0.05, 0.1) is 29.1 Å². The molecule has 3 heterocycles. The summed E-state index contributed by atoms with van der Waals surface area (Å²) in [4.78, 5) is 34.3. The third-order valence-electron chi connectivity index (χ3n) is 5.40. The molecule has 174 valence electrons. The van der Waals surface area contributed by atoms with Gasteiger partial charge in [-0.2, -0.15) is 0 Å². The minimum Gasteiger partial charge on any atom is -0.463 e. The molecule has 0 fully saturated rings. The van der Waals surface area contributed by atoms with Crippen LogP contribution < -0.4 is 5.32 Å². The lowest BCUT2D eigenvalue weighted by Gasteiger charge is -2.10. The fourth-order valence-electron chi connectivity index (χ4n) is 3.71. The molecule has 5 rings (SSSR count). The second kappa shape index (κ2) is 9.26. The number of ether oxygens (including phenoxy) is 1. The molecule has 0 spiro atoms. The molecule has 8 nitrogen and oxygen atoms in total. The van der Waals surface area contributed by atoms with Crippen LogP contribution in [0, 0.1) is 13.8 Å². The Bertz CT molecular complexity index is 1520. The van der Waals surface area contributed by atoms with Crippen LogP contribution in [0.15, 0.2) is 82.0 Å². The summed E-state index contributed by atoms with van der Waals surface area (Å²) in [7, 11) is 0. The largest absolute Gasteiger partial charge is 0.463 e. The van der Waals surface area contributed by atoms with Gasteiger partial charge in [-0.25, -0.2) is 14.8 Å². The highest BCUT2D eigenvalue weighted by molar-refractivity contribution is 5.97. The molecular weight excluding hydrogens is 446 g/mol. The second-order valence-corrected chi connectivity index (χ2v) is 8.02. The van der Waals surface area contributed by atoms with Crippen molar-refractivity contribution in [1.82, 2.24) is 9.97 Å². The summed E-state index contributed by atoms with van der Waals surface area (Å²) in [5, 5.41) is 2.76. The summed E-state index contributed by atoms with van der Waals surface area (Å²) in [6.07, 6.45) is 3.10. The number of hydrogen-bond acceptors (Lipinski definition) is 7. The maximum absolute atomic E-state index is 12.6. The third kappa shape index (κ3) is 4.67. The van der Waals surface area contributed by atoms with Crippen LogP contribution in [0.5, 0.6) is 0 Å². The molecule has 0 aliphatic rings. The highest BCUT2D eigenvalue weighted by Gasteiger charge is 2.19. The van der Waals surface area contributed by atoms with Gasteiger partial charge in [-0.1, -0.05) is 17.7 Å². The number of aromatic nitrogens is 2. The number of aryl methyl sites for hydroxylation is 2. The first kappa shape index (κ1) is 22.1. The first-order valence-corrected chi connectivity index (χ1v) is 10.9. The standard InChI is InChI=1S/C27H21N3O5/c1-16-7-9-19(17(2)13-16)28-24(31)15-35-27(32)18-8-10-20-21(14-18)30-26(23-6-4-12-34-23)25(29-20)22-5-3-11-33-22/h3-14H,15H2,1-2H3,(H,28,31). The van der Waals surface area contributed by atoms with E-state index in [1.165, 1.54) is 0 Å². The third-order valence-corrected chi connectivity index (χ3v) is 5.40. The molecule has 35 heavy (non-hydrogen) atoms. The zero-order valence-corrected chi connectivity index (χ0v) is 19.1. The van der Waals surface area contributed by atoms with E-state index in [9.17, 15) is 9.59 Å². The van der Waals surface area contributed by atoms with Crippen molar-refractivity contribution in [3.8, 4) is 22.9 Å². The molecule has 0 unspecified atom stereocenters. The summed E-state index contributed by atoms with van der Waals surface area (Å²) >= 11 is 0. The number of carbonyl (C=O) groups excluding carboxylic acids is 2. The number of esters is 1. The molecule has 0 aliphatic heterocycles. The summed E-state index contributed by atoms with van der Waals surface area (Å²) in [5.41, 5.74) is 5.00. The van der Waals surface area contributed by atoms with Crippen LogP contribution in [-0.2, 0) is 9.53 Å². The fourth-order valence-corrected chi connectivity index (χ4v) is 3.71. The topological polar surface area (TPSA) is 107 Å². The Morgan fingerprint density at radius 3 is 2.17 bits per heavy atom. The summed E-state index contributed by atoms with van der Waals surface area (Å²) in [6.45, 7) is 3.47. The Morgan fingerprint density at radius 1 is 0.857 bits per heavy atom. The monoisotopic (exact) mass is 467 g/mol. The number of carbonyl (C=O) groups is 2. The van der Waals surface area contributed by atoms with Crippen molar-refractivity contribution in [2.24, 2.45) is 0 Å². The van der Waals surface area contributed by atoms with Gasteiger partial charge in [-0.3, -0.25) is 4.79 Å². The molecule has 8 heteroatoms. The average Bonchev–Trinajstić information content (AvgIpc) is 3.58. The number of anilines is 1. The van der Waals surface area contributed by atoms with Gasteiger partial charge >= 0.3 is 5.97 Å². The number of benzene rings is 2. The lowest BCUT2D eigenvalue weighted by atomic mass is 10.1. The van der Waals surface area contributed by atoms with Gasteiger partial charge in [0.1, 0.15) is 11.4 Å². The maximum Gasteiger partial charge on any atom is 0.338 e. The van der Waals surface area contributed by atoms with Gasteiger partial charge in [0.2, 0.25) is 0 Å². The molecule has 0 atom stereocenters. The molecule has 2 aromatic carbocycles. The van der Waals surface area contributed by atoms with Gasteiger partial charge in [-0.15, -0.1) is 0 Å². The first-order valence-electron chi connectivity index (χ1n) is 10.9. The van der Waals surface area contributed by atoms with E-state index < -0.39 is 18.5 Å². The molecule has 0 bridgehead atoms. The number of fused-ring (bicyclic) bond motifs is 1. The normalized spacial score (nSPS) is 10.9. The Hall–Kier alpha value is -4.72. The van der Waals surface area contributed by atoms with Gasteiger partial charge in [-0.05, 0) is 67.9 Å². The van der Waals surface area contributed by atoms with Crippen molar-refractivity contribution in [2.45, 2.75) is 13.8 Å². The molecule has 0 aliphatic carbocycles. The Labute approximate surface area is 200 Å². The van der Waals surface area contributed by atoms with E-state index in [1.54, 1.807) is 55.0 Å². The van der Waals surface area contributed by atoms with Crippen LogP contribution in [0.3, 0.4) is 0 Å². The predicted octanol–water partition coefficient (Wildman–Crippen LogP) is 5.56. The number of rotatable bonds is 6. The number of nitrogens with zero attached hydrogens (tertiary/aromatic N) is 2. The van der Waals surface area contributed by atoms with Crippen molar-refractivity contribution < 1.29 is 23.2 Å². The van der Waals surface area contributed by atoms with Gasteiger partial charge < -0.3 is 18.9 Å². The van der Waals surface area contributed by atoms with E-state index in [1.807, 2.05) is 32.0 Å². The van der Waals surface area contributed by atoms with E-state index in [4.69, 9.17) is 13.6 Å². The smallest absolute Gasteiger partial charge is 0.338 e. The number of nitrogens with one attached hydrogen (secondary N) is 1. The van der Waals surface area contributed by atoms with Crippen LogP contribution >= 0.6 is 0 Å². The van der Waals surface area contributed by atoms with Crippen molar-refractivity contribution in [1.29, 1.82) is 0 Å². The molecule has 5 aromatic rings. The minimum absolute atomic E-state index is 0.252.